The topological polar surface area (TPSA) is 78.0 Å². The van der Waals surface area contributed by atoms with Crippen LogP contribution in [0.4, 0.5) is 6.01 Å². The van der Waals surface area contributed by atoms with Crippen LogP contribution in [0.3, 0.4) is 0 Å². The lowest BCUT2D eigenvalue weighted by Crippen LogP contribution is -2.07. The van der Waals surface area contributed by atoms with E-state index in [2.05, 4.69) is 31.4 Å². The first-order valence-electron chi connectivity index (χ1n) is 8.58. The van der Waals surface area contributed by atoms with Crippen molar-refractivity contribution in [1.82, 2.24) is 19.9 Å². The standard InChI is InChI=1S/C18H21N5O2/c1-24-16-8-4-5-13(11-16)17-20-18(25-22-17)19-12-14-9-10-23(21-14)15-6-2-3-7-15/h4-5,8-11,15H,2-3,6-7,12H2,1H3,(H,19,20,22). The smallest absolute Gasteiger partial charge is 0.322 e. The Labute approximate surface area is 146 Å². The molecule has 130 valence electrons. The van der Waals surface area contributed by atoms with Gasteiger partial charge in [-0.05, 0) is 31.0 Å². The van der Waals surface area contributed by atoms with Gasteiger partial charge in [0.25, 0.3) is 0 Å². The molecule has 1 aliphatic carbocycles. The molecule has 2 heterocycles. The Morgan fingerprint density at radius 1 is 1.28 bits per heavy atom. The van der Waals surface area contributed by atoms with E-state index in [1.54, 1.807) is 7.11 Å². The normalized spacial score (nSPS) is 14.8. The third-order valence-corrected chi connectivity index (χ3v) is 4.54. The number of nitrogens with one attached hydrogen (secondary N) is 1. The molecule has 2 aromatic heterocycles. The molecular weight excluding hydrogens is 318 g/mol. The number of ether oxygens (including phenoxy) is 1. The van der Waals surface area contributed by atoms with Crippen LogP contribution in [0.5, 0.6) is 5.75 Å². The van der Waals surface area contributed by atoms with Crippen LogP contribution in [0.15, 0.2) is 41.1 Å². The van der Waals surface area contributed by atoms with Gasteiger partial charge in [-0.3, -0.25) is 4.68 Å². The summed E-state index contributed by atoms with van der Waals surface area (Å²) in [5.74, 6) is 1.28. The summed E-state index contributed by atoms with van der Waals surface area (Å²) in [6.07, 6.45) is 7.10. The van der Waals surface area contributed by atoms with Gasteiger partial charge in [-0.25, -0.2) is 0 Å². The highest BCUT2D eigenvalue weighted by atomic mass is 16.5. The molecule has 0 saturated heterocycles. The maximum absolute atomic E-state index is 5.27. The molecule has 4 rings (SSSR count). The van der Waals surface area contributed by atoms with Crippen molar-refractivity contribution in [2.75, 3.05) is 12.4 Å². The van der Waals surface area contributed by atoms with Gasteiger partial charge in [0.1, 0.15) is 5.75 Å². The summed E-state index contributed by atoms with van der Waals surface area (Å²) in [5, 5.41) is 11.8. The van der Waals surface area contributed by atoms with Gasteiger partial charge in [0, 0.05) is 11.8 Å². The van der Waals surface area contributed by atoms with Crippen LogP contribution in [-0.2, 0) is 6.54 Å². The molecule has 1 saturated carbocycles. The Kier molecular flexibility index (Phi) is 4.37. The Morgan fingerprint density at radius 3 is 3.00 bits per heavy atom. The molecule has 1 aliphatic rings. The zero-order valence-corrected chi connectivity index (χ0v) is 14.2. The van der Waals surface area contributed by atoms with Gasteiger partial charge in [-0.15, -0.1) is 0 Å². The van der Waals surface area contributed by atoms with E-state index in [9.17, 15) is 0 Å². The summed E-state index contributed by atoms with van der Waals surface area (Å²) < 4.78 is 12.6. The molecule has 25 heavy (non-hydrogen) atoms. The van der Waals surface area contributed by atoms with Crippen LogP contribution in [-0.4, -0.2) is 27.0 Å². The number of hydrogen-bond donors (Lipinski definition) is 1. The minimum Gasteiger partial charge on any atom is -0.497 e. The summed E-state index contributed by atoms with van der Waals surface area (Å²) in [6, 6.07) is 10.5. The van der Waals surface area contributed by atoms with E-state index in [1.165, 1.54) is 25.7 Å². The van der Waals surface area contributed by atoms with Crippen molar-refractivity contribution < 1.29 is 9.26 Å². The van der Waals surface area contributed by atoms with Crippen LogP contribution in [0, 0.1) is 0 Å². The average molecular weight is 339 g/mol. The van der Waals surface area contributed by atoms with E-state index in [4.69, 9.17) is 9.26 Å². The molecule has 7 heteroatoms. The van der Waals surface area contributed by atoms with E-state index >= 15 is 0 Å². The summed E-state index contributed by atoms with van der Waals surface area (Å²) in [6.45, 7) is 0.555. The highest BCUT2D eigenvalue weighted by Crippen LogP contribution is 2.28. The first-order chi connectivity index (χ1) is 12.3. The number of aromatic nitrogens is 4. The molecule has 7 nitrogen and oxygen atoms in total. The Bertz CT molecular complexity index is 835. The predicted molar refractivity (Wildman–Crippen MR) is 93.3 cm³/mol. The maximum Gasteiger partial charge on any atom is 0.322 e. The van der Waals surface area contributed by atoms with Gasteiger partial charge in [-0.1, -0.05) is 30.1 Å². The van der Waals surface area contributed by atoms with Gasteiger partial charge in [-0.2, -0.15) is 10.1 Å². The van der Waals surface area contributed by atoms with Gasteiger partial charge in [0.05, 0.1) is 25.4 Å². The van der Waals surface area contributed by atoms with Gasteiger partial charge >= 0.3 is 6.01 Å². The van der Waals surface area contributed by atoms with Gasteiger partial charge in [0.2, 0.25) is 5.82 Å². The second-order valence-electron chi connectivity index (χ2n) is 6.23. The first-order valence-corrected chi connectivity index (χ1v) is 8.58. The zero-order valence-electron chi connectivity index (χ0n) is 14.2. The quantitative estimate of drug-likeness (QED) is 0.738. The Morgan fingerprint density at radius 2 is 2.16 bits per heavy atom. The highest BCUT2D eigenvalue weighted by Gasteiger charge is 2.17. The number of methoxy groups -OCH3 is 1. The minimum atomic E-state index is 0.383. The second-order valence-corrected chi connectivity index (χ2v) is 6.23. The lowest BCUT2D eigenvalue weighted by Gasteiger charge is -2.08. The molecule has 0 unspecified atom stereocenters. The fourth-order valence-corrected chi connectivity index (χ4v) is 3.18. The molecule has 0 atom stereocenters. The summed E-state index contributed by atoms with van der Waals surface area (Å²) in [4.78, 5) is 4.38. The van der Waals surface area contributed by atoms with Crippen molar-refractivity contribution in [2.24, 2.45) is 0 Å². The van der Waals surface area contributed by atoms with Crippen LogP contribution in [0.1, 0.15) is 37.4 Å². The van der Waals surface area contributed by atoms with Gasteiger partial charge < -0.3 is 14.6 Å². The second kappa shape index (κ2) is 6.96. The molecule has 1 aromatic carbocycles. The minimum absolute atomic E-state index is 0.383. The summed E-state index contributed by atoms with van der Waals surface area (Å²) in [7, 11) is 1.63. The summed E-state index contributed by atoms with van der Waals surface area (Å²) >= 11 is 0. The Balaban J connectivity index is 1.39. The van der Waals surface area contributed by atoms with Crippen molar-refractivity contribution in [3.8, 4) is 17.1 Å². The molecule has 0 radical (unpaired) electrons. The summed E-state index contributed by atoms with van der Waals surface area (Å²) in [5.41, 5.74) is 1.81. The van der Waals surface area contributed by atoms with Crippen LogP contribution >= 0.6 is 0 Å². The largest absolute Gasteiger partial charge is 0.497 e. The molecule has 0 bridgehead atoms. The van der Waals surface area contributed by atoms with Crippen LogP contribution < -0.4 is 10.1 Å². The van der Waals surface area contributed by atoms with Crippen molar-refractivity contribution in [3.05, 3.63) is 42.2 Å². The van der Waals surface area contributed by atoms with E-state index in [0.29, 0.717) is 24.4 Å². The molecule has 0 spiro atoms. The van der Waals surface area contributed by atoms with Crippen molar-refractivity contribution in [3.63, 3.8) is 0 Å². The number of benzene rings is 1. The van der Waals surface area contributed by atoms with E-state index in [1.807, 2.05) is 30.3 Å². The van der Waals surface area contributed by atoms with Crippen molar-refractivity contribution in [2.45, 2.75) is 38.3 Å². The predicted octanol–water partition coefficient (Wildman–Crippen LogP) is 3.67. The molecule has 1 N–H and O–H groups in total. The highest BCUT2D eigenvalue weighted by molar-refractivity contribution is 5.57. The molecule has 3 aromatic rings. The molecule has 0 amide bonds. The monoisotopic (exact) mass is 339 g/mol. The lowest BCUT2D eigenvalue weighted by atomic mass is 10.2. The van der Waals surface area contributed by atoms with Gasteiger partial charge in [0.15, 0.2) is 0 Å². The number of nitrogens with zero attached hydrogens (tertiary/aromatic N) is 4. The van der Waals surface area contributed by atoms with Crippen LogP contribution in [0.25, 0.3) is 11.4 Å². The molecule has 0 aliphatic heterocycles. The van der Waals surface area contributed by atoms with Crippen molar-refractivity contribution >= 4 is 6.01 Å². The molecular formula is C18H21N5O2. The SMILES string of the molecule is COc1cccc(-c2noc(NCc3ccn(C4CCCC4)n3)n2)c1. The number of rotatable bonds is 6. The maximum atomic E-state index is 5.27. The zero-order chi connectivity index (χ0) is 17.1. The number of anilines is 1. The van der Waals surface area contributed by atoms with Crippen molar-refractivity contribution in [1.29, 1.82) is 0 Å². The third-order valence-electron chi connectivity index (χ3n) is 4.54. The Hall–Kier alpha value is -2.83. The van der Waals surface area contributed by atoms with E-state index in [0.717, 1.165) is 17.0 Å². The van der Waals surface area contributed by atoms with E-state index < -0.39 is 0 Å². The molecule has 1 fully saturated rings. The first kappa shape index (κ1) is 15.7. The number of hydrogen-bond acceptors (Lipinski definition) is 6. The van der Waals surface area contributed by atoms with Crippen LogP contribution in [0.2, 0.25) is 0 Å². The fourth-order valence-electron chi connectivity index (χ4n) is 3.18. The van der Waals surface area contributed by atoms with E-state index in [-0.39, 0.29) is 0 Å². The fraction of sp³-hybridized carbons (Fsp3) is 0.389. The average Bonchev–Trinajstić information content (AvgIpc) is 3.41. The lowest BCUT2D eigenvalue weighted by molar-refractivity contribution is 0.414. The third kappa shape index (κ3) is 3.50.